The van der Waals surface area contributed by atoms with Gasteiger partial charge in [-0.1, -0.05) is 0 Å². The number of nitrogens with zero attached hydrogens (tertiary/aromatic N) is 3. The van der Waals surface area contributed by atoms with Crippen LogP contribution in [-0.2, 0) is 6.54 Å². The Bertz CT molecular complexity index is 331. The summed E-state index contributed by atoms with van der Waals surface area (Å²) in [6, 6.07) is 1.74. The van der Waals surface area contributed by atoms with Crippen molar-refractivity contribution in [2.45, 2.75) is 20.4 Å². The molecule has 78 valence electrons. The molecule has 1 heterocycles. The van der Waals surface area contributed by atoms with Crippen molar-refractivity contribution in [1.29, 1.82) is 0 Å². The number of carbonyl (C=O) groups excluding carboxylic acids is 1. The highest BCUT2D eigenvalue weighted by molar-refractivity contribution is 5.69. The van der Waals surface area contributed by atoms with Crippen LogP contribution in [0.2, 0.25) is 0 Å². The smallest absolute Gasteiger partial charge is 0.391 e. The van der Waals surface area contributed by atoms with Gasteiger partial charge in [0.05, 0.1) is 5.69 Å². The first-order valence-electron chi connectivity index (χ1n) is 4.48. The van der Waals surface area contributed by atoms with Gasteiger partial charge in [-0.15, -0.1) is 0 Å². The highest BCUT2D eigenvalue weighted by atomic mass is 16.6. The molecule has 0 aliphatic carbocycles. The van der Waals surface area contributed by atoms with Crippen LogP contribution in [0.4, 0.5) is 4.79 Å². The normalized spacial score (nSPS) is 10.0. The zero-order valence-electron chi connectivity index (χ0n) is 8.94. The molecule has 0 spiro atoms. The molecule has 1 rings (SSSR count). The number of rotatable bonds is 2. The zero-order valence-corrected chi connectivity index (χ0v) is 8.94. The Morgan fingerprint density at radius 1 is 1.64 bits per heavy atom. The third-order valence-corrected chi connectivity index (χ3v) is 1.72. The van der Waals surface area contributed by atoms with Crippen molar-refractivity contribution in [1.82, 2.24) is 14.7 Å². The summed E-state index contributed by atoms with van der Waals surface area (Å²) in [7, 11) is 3.28. The van der Waals surface area contributed by atoms with Gasteiger partial charge in [0.15, 0.2) is 0 Å². The van der Waals surface area contributed by atoms with E-state index < -0.39 is 0 Å². The fourth-order valence-corrected chi connectivity index (χ4v) is 1.01. The van der Waals surface area contributed by atoms with E-state index in [2.05, 4.69) is 5.10 Å². The summed E-state index contributed by atoms with van der Waals surface area (Å²) in [6.07, 6.45) is -0.389. The number of amides is 1. The van der Waals surface area contributed by atoms with Gasteiger partial charge in [0.25, 0.3) is 0 Å². The second kappa shape index (κ2) is 4.13. The predicted molar refractivity (Wildman–Crippen MR) is 52.3 cm³/mol. The van der Waals surface area contributed by atoms with Crippen LogP contribution in [0, 0.1) is 6.92 Å². The van der Waals surface area contributed by atoms with Crippen LogP contribution in [0.3, 0.4) is 0 Å². The standard InChI is InChI=1S/C9H15N3O2/c1-5-12-8(6-7(2)10-12)14-9(13)11(3)4/h6H,5H2,1-4H3. The van der Waals surface area contributed by atoms with E-state index in [4.69, 9.17) is 4.74 Å². The third kappa shape index (κ3) is 2.25. The van der Waals surface area contributed by atoms with E-state index >= 15 is 0 Å². The summed E-state index contributed by atoms with van der Waals surface area (Å²) in [5, 5.41) is 4.16. The van der Waals surface area contributed by atoms with E-state index in [1.165, 1.54) is 4.90 Å². The summed E-state index contributed by atoms with van der Waals surface area (Å²) in [5.74, 6) is 0.490. The second-order valence-corrected chi connectivity index (χ2v) is 3.20. The molecule has 0 aliphatic rings. The number of hydrogen-bond donors (Lipinski definition) is 0. The number of aryl methyl sites for hydroxylation is 2. The molecule has 0 aliphatic heterocycles. The molecule has 1 aromatic heterocycles. The summed E-state index contributed by atoms with van der Waals surface area (Å²) in [6.45, 7) is 4.49. The maximum Gasteiger partial charge on any atom is 0.416 e. The second-order valence-electron chi connectivity index (χ2n) is 3.20. The molecule has 1 aromatic rings. The Hall–Kier alpha value is -1.52. The Balaban J connectivity index is 2.80. The Labute approximate surface area is 83.3 Å². The van der Waals surface area contributed by atoms with Crippen molar-refractivity contribution in [2.24, 2.45) is 0 Å². The van der Waals surface area contributed by atoms with Crippen molar-refractivity contribution < 1.29 is 9.53 Å². The maximum atomic E-state index is 11.3. The quantitative estimate of drug-likeness (QED) is 0.717. The molecule has 0 N–H and O–H groups in total. The molecule has 0 fully saturated rings. The largest absolute Gasteiger partial charge is 0.416 e. The highest BCUT2D eigenvalue weighted by Crippen LogP contribution is 2.13. The van der Waals surface area contributed by atoms with Crippen LogP contribution in [0.5, 0.6) is 5.88 Å². The molecule has 0 saturated heterocycles. The van der Waals surface area contributed by atoms with Gasteiger partial charge in [0.1, 0.15) is 0 Å². The fourth-order valence-electron chi connectivity index (χ4n) is 1.01. The molecular formula is C9H15N3O2. The van der Waals surface area contributed by atoms with Crippen LogP contribution in [0.15, 0.2) is 6.07 Å². The van der Waals surface area contributed by atoms with Gasteiger partial charge in [0.2, 0.25) is 5.88 Å². The van der Waals surface area contributed by atoms with Gasteiger partial charge >= 0.3 is 6.09 Å². The zero-order chi connectivity index (χ0) is 10.7. The van der Waals surface area contributed by atoms with Crippen LogP contribution < -0.4 is 4.74 Å². The minimum absolute atomic E-state index is 0.389. The van der Waals surface area contributed by atoms with Crippen molar-refractivity contribution >= 4 is 6.09 Å². The Morgan fingerprint density at radius 3 is 2.79 bits per heavy atom. The number of hydrogen-bond acceptors (Lipinski definition) is 3. The molecule has 0 saturated carbocycles. The molecule has 0 atom stereocenters. The lowest BCUT2D eigenvalue weighted by atomic mass is 10.5. The molecule has 0 aromatic carbocycles. The molecular weight excluding hydrogens is 182 g/mol. The van der Waals surface area contributed by atoms with Crippen LogP contribution in [0.1, 0.15) is 12.6 Å². The summed E-state index contributed by atoms with van der Waals surface area (Å²) >= 11 is 0. The van der Waals surface area contributed by atoms with Crippen molar-refractivity contribution in [3.05, 3.63) is 11.8 Å². The average molecular weight is 197 g/mol. The lowest BCUT2D eigenvalue weighted by Gasteiger charge is -2.10. The summed E-state index contributed by atoms with van der Waals surface area (Å²) < 4.78 is 6.76. The SMILES string of the molecule is CCn1nc(C)cc1OC(=O)N(C)C. The van der Waals surface area contributed by atoms with Crippen LogP contribution >= 0.6 is 0 Å². The van der Waals surface area contributed by atoms with Gasteiger partial charge < -0.3 is 9.64 Å². The minimum Gasteiger partial charge on any atom is -0.391 e. The van der Waals surface area contributed by atoms with Gasteiger partial charge in [-0.25, -0.2) is 9.48 Å². The molecule has 1 amide bonds. The van der Waals surface area contributed by atoms with Gasteiger partial charge in [-0.3, -0.25) is 0 Å². The van der Waals surface area contributed by atoms with Crippen LogP contribution in [0.25, 0.3) is 0 Å². The first-order valence-corrected chi connectivity index (χ1v) is 4.48. The van der Waals surface area contributed by atoms with Crippen LogP contribution in [-0.4, -0.2) is 34.9 Å². The Morgan fingerprint density at radius 2 is 2.29 bits per heavy atom. The van der Waals surface area contributed by atoms with Gasteiger partial charge in [-0.05, 0) is 13.8 Å². The molecule has 14 heavy (non-hydrogen) atoms. The van der Waals surface area contributed by atoms with E-state index in [1.54, 1.807) is 24.8 Å². The number of carbonyl (C=O) groups is 1. The van der Waals surface area contributed by atoms with Gasteiger partial charge in [0, 0.05) is 26.7 Å². The summed E-state index contributed by atoms with van der Waals surface area (Å²) in [5.41, 5.74) is 0.841. The highest BCUT2D eigenvalue weighted by Gasteiger charge is 2.11. The van der Waals surface area contributed by atoms with E-state index in [0.717, 1.165) is 5.69 Å². The summed E-state index contributed by atoms with van der Waals surface area (Å²) in [4.78, 5) is 12.6. The number of ether oxygens (including phenoxy) is 1. The van der Waals surface area contributed by atoms with E-state index in [1.807, 2.05) is 13.8 Å². The average Bonchev–Trinajstić information content (AvgIpc) is 2.45. The maximum absolute atomic E-state index is 11.3. The van der Waals surface area contributed by atoms with Crippen molar-refractivity contribution in [3.63, 3.8) is 0 Å². The lowest BCUT2D eigenvalue weighted by molar-refractivity contribution is 0.167. The first kappa shape index (κ1) is 10.6. The fraction of sp³-hybridized carbons (Fsp3) is 0.556. The first-order chi connectivity index (χ1) is 6.54. The molecule has 5 heteroatoms. The topological polar surface area (TPSA) is 47.4 Å². The van der Waals surface area contributed by atoms with E-state index in [0.29, 0.717) is 12.4 Å². The van der Waals surface area contributed by atoms with E-state index in [-0.39, 0.29) is 6.09 Å². The molecule has 5 nitrogen and oxygen atoms in total. The Kier molecular flexibility index (Phi) is 3.11. The minimum atomic E-state index is -0.389. The van der Waals surface area contributed by atoms with E-state index in [9.17, 15) is 4.79 Å². The predicted octanol–water partition coefficient (Wildman–Crippen LogP) is 1.27. The number of aromatic nitrogens is 2. The van der Waals surface area contributed by atoms with Crippen molar-refractivity contribution in [3.8, 4) is 5.88 Å². The molecule has 0 unspecified atom stereocenters. The third-order valence-electron chi connectivity index (χ3n) is 1.72. The lowest BCUT2D eigenvalue weighted by Crippen LogP contribution is -2.26. The van der Waals surface area contributed by atoms with Gasteiger partial charge in [-0.2, -0.15) is 5.10 Å². The molecule has 0 bridgehead atoms. The monoisotopic (exact) mass is 197 g/mol. The van der Waals surface area contributed by atoms with Crippen molar-refractivity contribution in [2.75, 3.05) is 14.1 Å². The molecule has 0 radical (unpaired) electrons.